The molecule has 2 aliphatic carbocycles. The van der Waals surface area contributed by atoms with Crippen LogP contribution in [0.2, 0.25) is 5.02 Å². The maximum Gasteiger partial charge on any atom is 0.229 e. The fourth-order valence-electron chi connectivity index (χ4n) is 4.64. The van der Waals surface area contributed by atoms with Gasteiger partial charge in [0.05, 0.1) is 35.2 Å². The van der Waals surface area contributed by atoms with Gasteiger partial charge in [0.1, 0.15) is 10.8 Å². The Morgan fingerprint density at radius 3 is 2.42 bits per heavy atom. The molecule has 2 saturated carbocycles. The summed E-state index contributed by atoms with van der Waals surface area (Å²) in [7, 11) is -7.07. The van der Waals surface area contributed by atoms with Crippen LogP contribution >= 0.6 is 11.6 Å². The van der Waals surface area contributed by atoms with E-state index in [-0.39, 0.29) is 40.5 Å². The molecule has 1 aromatic heterocycles. The number of hydrogen-bond acceptors (Lipinski definition) is 11. The normalized spacial score (nSPS) is 18.9. The Morgan fingerprint density at radius 1 is 1.12 bits per heavy atom. The number of sulfonamides is 1. The molecule has 15 heteroatoms. The van der Waals surface area contributed by atoms with Crippen molar-refractivity contribution in [2.45, 2.75) is 75.7 Å². The van der Waals surface area contributed by atoms with Crippen LogP contribution in [0.25, 0.3) is 0 Å². The van der Waals surface area contributed by atoms with Gasteiger partial charge in [0.25, 0.3) is 0 Å². The highest BCUT2D eigenvalue weighted by Crippen LogP contribution is 2.38. The summed E-state index contributed by atoms with van der Waals surface area (Å²) < 4.78 is 57.2. The molecule has 234 valence electrons. The smallest absolute Gasteiger partial charge is 0.229 e. The fourth-order valence-corrected chi connectivity index (χ4v) is 6.54. The zero-order valence-electron chi connectivity index (χ0n) is 24.4. The Bertz CT molecular complexity index is 1620. The Morgan fingerprint density at radius 2 is 1.81 bits per heavy atom. The summed E-state index contributed by atoms with van der Waals surface area (Å²) in [6.07, 6.45) is 9.61. The number of benzene rings is 1. The lowest BCUT2D eigenvalue weighted by molar-refractivity contribution is 0.301. The molecule has 2 heterocycles. The van der Waals surface area contributed by atoms with Gasteiger partial charge >= 0.3 is 0 Å². The predicted octanol–water partition coefficient (Wildman–Crippen LogP) is 4.36. The van der Waals surface area contributed by atoms with Gasteiger partial charge in [0.2, 0.25) is 16.0 Å². The van der Waals surface area contributed by atoms with E-state index in [9.17, 15) is 16.8 Å². The molecular weight excluding hydrogens is 614 g/mol. The molecule has 1 aromatic carbocycles. The van der Waals surface area contributed by atoms with Gasteiger partial charge in [-0.3, -0.25) is 5.41 Å². The largest absolute Gasteiger partial charge is 0.488 e. The van der Waals surface area contributed by atoms with Crippen molar-refractivity contribution < 1.29 is 21.6 Å². The molecule has 3 aliphatic rings. The number of aromatic nitrogens is 2. The number of hydrogen-bond donors (Lipinski definition) is 4. The van der Waals surface area contributed by atoms with Crippen LogP contribution in [-0.2, 0) is 19.9 Å². The molecule has 0 bridgehead atoms. The molecule has 3 fully saturated rings. The highest BCUT2D eigenvalue weighted by molar-refractivity contribution is 8.07. The number of nitrogens with one attached hydrogen (secondary N) is 4. The van der Waals surface area contributed by atoms with Gasteiger partial charge in [-0.2, -0.15) is 4.98 Å². The lowest BCUT2D eigenvalue weighted by Gasteiger charge is -2.30. The van der Waals surface area contributed by atoms with Gasteiger partial charge in [-0.25, -0.2) is 26.1 Å². The summed E-state index contributed by atoms with van der Waals surface area (Å²) in [5.74, 6) is 1.21. The van der Waals surface area contributed by atoms with Crippen molar-refractivity contribution >= 4 is 54.0 Å². The second kappa shape index (κ2) is 12.6. The number of nitrogens with zero attached hydrogens (tertiary/aromatic N) is 3. The Labute approximate surface area is 258 Å². The van der Waals surface area contributed by atoms with Crippen LogP contribution in [-0.4, -0.2) is 72.9 Å². The molecule has 12 nitrogen and oxygen atoms in total. The first-order valence-electron chi connectivity index (χ1n) is 14.4. The van der Waals surface area contributed by atoms with Gasteiger partial charge < -0.3 is 20.7 Å². The zero-order valence-corrected chi connectivity index (χ0v) is 26.8. The minimum absolute atomic E-state index is 0.0381. The first kappa shape index (κ1) is 31.5. The molecule has 43 heavy (non-hydrogen) atoms. The lowest BCUT2D eigenvalue weighted by Crippen LogP contribution is -2.37. The number of piperidine rings is 1. The van der Waals surface area contributed by atoms with Gasteiger partial charge in [0.15, 0.2) is 20.7 Å². The number of rotatable bonds is 12. The molecule has 0 radical (unpaired) electrons. The molecule has 2 aromatic rings. The molecule has 1 aliphatic heterocycles. The molecule has 0 amide bonds. The summed E-state index contributed by atoms with van der Waals surface area (Å²) in [5, 5.41) is 16.5. The zero-order chi connectivity index (χ0) is 30.9. The Balaban J connectivity index is 1.36. The minimum atomic E-state index is -3.87. The molecule has 0 unspecified atom stereocenters. The van der Waals surface area contributed by atoms with Crippen LogP contribution < -0.4 is 20.7 Å². The van der Waals surface area contributed by atoms with Gasteiger partial charge in [-0.05, 0) is 76.0 Å². The van der Waals surface area contributed by atoms with E-state index >= 15 is 0 Å². The van der Waals surface area contributed by atoms with E-state index in [1.165, 1.54) is 36.8 Å². The maximum absolute atomic E-state index is 12.8. The van der Waals surface area contributed by atoms with Crippen LogP contribution in [0.15, 0.2) is 36.3 Å². The van der Waals surface area contributed by atoms with E-state index in [0.717, 1.165) is 44.1 Å². The fraction of sp³-hybridized carbons (Fsp3) is 0.536. The first-order chi connectivity index (χ1) is 20.3. The van der Waals surface area contributed by atoms with Crippen molar-refractivity contribution in [1.29, 1.82) is 5.41 Å². The average molecular weight is 652 g/mol. The summed E-state index contributed by atoms with van der Waals surface area (Å²) in [6, 6.07) is 6.14. The van der Waals surface area contributed by atoms with Gasteiger partial charge in [-0.1, -0.05) is 17.7 Å². The molecule has 5 rings (SSSR count). The molecule has 0 atom stereocenters. The Kier molecular flexibility index (Phi) is 9.21. The number of anilines is 3. The van der Waals surface area contributed by atoms with Crippen LogP contribution in [0.4, 0.5) is 17.5 Å². The first-order valence-corrected chi connectivity index (χ1v) is 18.2. The van der Waals surface area contributed by atoms with Crippen molar-refractivity contribution in [2.24, 2.45) is 0 Å². The van der Waals surface area contributed by atoms with E-state index < -0.39 is 30.2 Å². The number of halogens is 1. The van der Waals surface area contributed by atoms with E-state index in [1.54, 1.807) is 0 Å². The number of ether oxygens (including phenoxy) is 1. The third-order valence-electron chi connectivity index (χ3n) is 7.65. The third-order valence-corrected chi connectivity index (χ3v) is 11.3. The van der Waals surface area contributed by atoms with Crippen molar-refractivity contribution in [3.63, 3.8) is 0 Å². The monoisotopic (exact) mass is 651 g/mol. The topological polar surface area (TPSA) is 166 Å². The van der Waals surface area contributed by atoms with Crippen molar-refractivity contribution in [3.8, 4) is 5.75 Å². The Hall–Kier alpha value is -2.94. The summed E-state index contributed by atoms with van der Waals surface area (Å²) in [4.78, 5) is 8.80. The molecule has 1 saturated heterocycles. The second-order valence-corrected chi connectivity index (χ2v) is 16.4. The lowest BCUT2D eigenvalue weighted by atomic mass is 9.90. The van der Waals surface area contributed by atoms with Crippen molar-refractivity contribution in [2.75, 3.05) is 30.0 Å². The van der Waals surface area contributed by atoms with Crippen molar-refractivity contribution in [1.82, 2.24) is 19.6 Å². The summed E-state index contributed by atoms with van der Waals surface area (Å²) in [6.45, 7) is 4.03. The molecule has 4 N–H and O–H groups in total. The highest BCUT2D eigenvalue weighted by atomic mass is 35.5. The standard InChI is InChI=1S/C28H38ClN7O5S2/c1-17(2)43(39,40)26(30)24(16-31-20-5-6-20)33-27-22(29)15-32-28(35-27)34-23-9-4-19(14-25(23)41-21-7-8-21)18-10-12-36(13-11-18)42(3,37)38/h4,9,14-18,20-21,30-31H,5-8,10-13H2,1-3H3,(H2,32,33,34,35)/b24-16+,30-26?. The predicted molar refractivity (Wildman–Crippen MR) is 168 cm³/mol. The van der Waals surface area contributed by atoms with E-state index in [2.05, 4.69) is 25.9 Å². The molecule has 0 spiro atoms. The quantitative estimate of drug-likeness (QED) is 0.191. The second-order valence-electron chi connectivity index (χ2n) is 11.6. The maximum atomic E-state index is 12.8. The minimum Gasteiger partial charge on any atom is -0.488 e. The summed E-state index contributed by atoms with van der Waals surface area (Å²) in [5.41, 5.74) is 1.77. The van der Waals surface area contributed by atoms with Crippen LogP contribution in [0.1, 0.15) is 63.9 Å². The van der Waals surface area contributed by atoms with E-state index in [4.69, 9.17) is 21.7 Å². The van der Waals surface area contributed by atoms with Gasteiger partial charge in [-0.15, -0.1) is 0 Å². The highest BCUT2D eigenvalue weighted by Gasteiger charge is 2.30. The SMILES string of the molecule is CC(C)S(=O)(=O)C(=N)/C(=C\NC1CC1)Nc1nc(Nc2ccc(C3CCN(S(C)(=O)=O)CC3)cc2OC2CC2)ncc1Cl. The molecular formula is C28H38ClN7O5S2. The van der Waals surface area contributed by atoms with Crippen LogP contribution in [0, 0.1) is 5.41 Å². The van der Waals surface area contributed by atoms with Gasteiger partial charge in [0, 0.05) is 25.3 Å². The average Bonchev–Trinajstić information content (AvgIpc) is 3.89. The van der Waals surface area contributed by atoms with Crippen LogP contribution in [0.3, 0.4) is 0 Å². The van der Waals surface area contributed by atoms with E-state index in [0.29, 0.717) is 24.5 Å². The third kappa shape index (κ3) is 7.97. The van der Waals surface area contributed by atoms with Crippen LogP contribution in [0.5, 0.6) is 5.75 Å². The number of sulfone groups is 1. The summed E-state index contributed by atoms with van der Waals surface area (Å²) >= 11 is 6.40. The van der Waals surface area contributed by atoms with Crippen molar-refractivity contribution in [3.05, 3.63) is 46.9 Å². The van der Waals surface area contributed by atoms with E-state index in [1.807, 2.05) is 18.2 Å².